The maximum absolute atomic E-state index is 6.08. The van der Waals surface area contributed by atoms with E-state index < -0.39 is 0 Å². The second kappa shape index (κ2) is 8.37. The molecule has 4 nitrogen and oxygen atoms in total. The molecule has 1 atom stereocenters. The van der Waals surface area contributed by atoms with Crippen LogP contribution in [0.4, 0.5) is 5.69 Å². The number of benzene rings is 1. The summed E-state index contributed by atoms with van der Waals surface area (Å²) in [6, 6.07) is 8.16. The van der Waals surface area contributed by atoms with E-state index in [1.54, 1.807) is 0 Å². The number of para-hydroxylation sites is 1. The lowest BCUT2D eigenvalue weighted by Gasteiger charge is -2.35. The Labute approximate surface area is 128 Å². The molecule has 1 aromatic carbocycles. The van der Waals surface area contributed by atoms with Crippen LogP contribution in [0.1, 0.15) is 25.8 Å². The maximum Gasteiger partial charge on any atom is 0.0829 e. The minimum Gasteiger partial charge on any atom is -0.398 e. The van der Waals surface area contributed by atoms with Crippen molar-refractivity contribution in [1.29, 1.82) is 0 Å². The number of hydrogen-bond acceptors (Lipinski definition) is 4. The van der Waals surface area contributed by atoms with Crippen molar-refractivity contribution in [2.45, 2.75) is 32.9 Å². The summed E-state index contributed by atoms with van der Waals surface area (Å²) in [4.78, 5) is 4.94. The molecule has 1 aliphatic rings. The number of morpholine rings is 1. The van der Waals surface area contributed by atoms with Gasteiger partial charge in [0, 0.05) is 31.9 Å². The average Bonchev–Trinajstić information content (AvgIpc) is 2.50. The van der Waals surface area contributed by atoms with Gasteiger partial charge in [-0.1, -0.05) is 32.0 Å². The molecule has 4 heteroatoms. The average molecular weight is 291 g/mol. The van der Waals surface area contributed by atoms with Crippen molar-refractivity contribution in [3.8, 4) is 0 Å². The number of nitrogen functional groups attached to an aromatic ring is 1. The first-order valence-corrected chi connectivity index (χ1v) is 8.12. The van der Waals surface area contributed by atoms with E-state index in [0.29, 0.717) is 6.10 Å². The second-order valence-electron chi connectivity index (χ2n) is 5.82. The van der Waals surface area contributed by atoms with E-state index in [9.17, 15) is 0 Å². The van der Waals surface area contributed by atoms with E-state index in [1.165, 1.54) is 5.56 Å². The number of nitrogens with zero attached hydrogens (tertiary/aromatic N) is 2. The van der Waals surface area contributed by atoms with Crippen molar-refractivity contribution in [2.24, 2.45) is 0 Å². The molecule has 0 saturated carbocycles. The lowest BCUT2D eigenvalue weighted by atomic mass is 10.1. The van der Waals surface area contributed by atoms with Gasteiger partial charge in [0.15, 0.2) is 0 Å². The van der Waals surface area contributed by atoms with Crippen LogP contribution in [0.5, 0.6) is 0 Å². The molecule has 1 heterocycles. The van der Waals surface area contributed by atoms with Crippen molar-refractivity contribution in [2.75, 3.05) is 45.1 Å². The molecule has 1 unspecified atom stereocenters. The van der Waals surface area contributed by atoms with Gasteiger partial charge >= 0.3 is 0 Å². The van der Waals surface area contributed by atoms with Crippen LogP contribution in [-0.4, -0.2) is 55.2 Å². The summed E-state index contributed by atoms with van der Waals surface area (Å²) in [6.45, 7) is 11.5. The first-order valence-electron chi connectivity index (χ1n) is 8.12. The Morgan fingerprint density at radius 3 is 2.86 bits per heavy atom. The van der Waals surface area contributed by atoms with Gasteiger partial charge in [-0.25, -0.2) is 0 Å². The molecule has 0 bridgehead atoms. The summed E-state index contributed by atoms with van der Waals surface area (Å²) in [6.07, 6.45) is 1.46. The van der Waals surface area contributed by atoms with E-state index in [1.807, 2.05) is 12.1 Å². The molecule has 118 valence electrons. The van der Waals surface area contributed by atoms with Crippen LogP contribution in [0.15, 0.2) is 24.3 Å². The Hall–Kier alpha value is -1.10. The summed E-state index contributed by atoms with van der Waals surface area (Å²) in [7, 11) is 0. The van der Waals surface area contributed by atoms with Gasteiger partial charge in [0.2, 0.25) is 0 Å². The number of hydrogen-bond donors (Lipinski definition) is 1. The van der Waals surface area contributed by atoms with Crippen molar-refractivity contribution < 1.29 is 4.74 Å². The van der Waals surface area contributed by atoms with Crippen molar-refractivity contribution in [3.63, 3.8) is 0 Å². The van der Waals surface area contributed by atoms with Crippen LogP contribution < -0.4 is 5.73 Å². The number of ether oxygens (including phenoxy) is 1. The highest BCUT2D eigenvalue weighted by Gasteiger charge is 2.21. The normalized spacial score (nSPS) is 20.0. The topological polar surface area (TPSA) is 41.7 Å². The third-order valence-corrected chi connectivity index (χ3v) is 4.12. The Balaban J connectivity index is 1.94. The predicted molar refractivity (Wildman–Crippen MR) is 88.3 cm³/mol. The Kier molecular flexibility index (Phi) is 6.49. The molecule has 0 aliphatic carbocycles. The van der Waals surface area contributed by atoms with Crippen molar-refractivity contribution in [3.05, 3.63) is 29.8 Å². The molecular weight excluding hydrogens is 262 g/mol. The van der Waals surface area contributed by atoms with Crippen LogP contribution in [0.3, 0.4) is 0 Å². The molecule has 0 aromatic heterocycles. The van der Waals surface area contributed by atoms with E-state index in [4.69, 9.17) is 10.5 Å². The van der Waals surface area contributed by atoms with E-state index in [2.05, 4.69) is 35.8 Å². The molecule has 1 aliphatic heterocycles. The van der Waals surface area contributed by atoms with E-state index in [-0.39, 0.29) is 0 Å². The Bertz CT molecular complexity index is 424. The van der Waals surface area contributed by atoms with E-state index >= 15 is 0 Å². The van der Waals surface area contributed by atoms with E-state index in [0.717, 1.165) is 58.0 Å². The summed E-state index contributed by atoms with van der Waals surface area (Å²) >= 11 is 0. The number of likely N-dealkylation sites (N-methyl/N-ethyl adjacent to an activating group) is 1. The Morgan fingerprint density at radius 2 is 2.14 bits per heavy atom. The molecular formula is C17H29N3O. The standard InChI is InChI=1S/C17H29N3O/c1-3-9-20(12-15-7-5-6-8-17(15)18)14-16-13-19(4-2)10-11-21-16/h5-8,16H,3-4,9-14,18H2,1-2H3. The fraction of sp³-hybridized carbons (Fsp3) is 0.647. The van der Waals surface area contributed by atoms with Crippen LogP contribution in [0, 0.1) is 0 Å². The number of nitrogens with two attached hydrogens (primary N) is 1. The number of anilines is 1. The maximum atomic E-state index is 6.08. The third kappa shape index (κ3) is 4.99. The lowest BCUT2D eigenvalue weighted by Crippen LogP contribution is -2.47. The summed E-state index contributed by atoms with van der Waals surface area (Å²) in [5.41, 5.74) is 8.18. The first kappa shape index (κ1) is 16.3. The predicted octanol–water partition coefficient (Wildman–Crippen LogP) is 2.20. The summed E-state index contributed by atoms with van der Waals surface area (Å²) in [5, 5.41) is 0. The van der Waals surface area contributed by atoms with Crippen LogP contribution in [0.2, 0.25) is 0 Å². The highest BCUT2D eigenvalue weighted by molar-refractivity contribution is 5.46. The van der Waals surface area contributed by atoms with Crippen molar-refractivity contribution >= 4 is 5.69 Å². The van der Waals surface area contributed by atoms with Gasteiger partial charge in [0.25, 0.3) is 0 Å². The molecule has 2 N–H and O–H groups in total. The van der Waals surface area contributed by atoms with Gasteiger partial charge in [-0.3, -0.25) is 9.80 Å². The molecule has 0 radical (unpaired) electrons. The van der Waals surface area contributed by atoms with Gasteiger partial charge in [-0.2, -0.15) is 0 Å². The quantitative estimate of drug-likeness (QED) is 0.782. The molecule has 1 saturated heterocycles. The van der Waals surface area contributed by atoms with Gasteiger partial charge in [-0.05, 0) is 31.1 Å². The fourth-order valence-electron chi connectivity index (χ4n) is 2.94. The smallest absolute Gasteiger partial charge is 0.0829 e. The highest BCUT2D eigenvalue weighted by Crippen LogP contribution is 2.15. The molecule has 21 heavy (non-hydrogen) atoms. The summed E-state index contributed by atoms with van der Waals surface area (Å²) < 4.78 is 5.94. The molecule has 2 rings (SSSR count). The minimum atomic E-state index is 0.315. The van der Waals surface area contributed by atoms with Crippen LogP contribution >= 0.6 is 0 Å². The van der Waals surface area contributed by atoms with Gasteiger partial charge in [-0.15, -0.1) is 0 Å². The molecule has 0 amide bonds. The lowest BCUT2D eigenvalue weighted by molar-refractivity contribution is -0.0428. The van der Waals surface area contributed by atoms with Gasteiger partial charge in [0.1, 0.15) is 0 Å². The monoisotopic (exact) mass is 291 g/mol. The summed E-state index contributed by atoms with van der Waals surface area (Å²) in [5.74, 6) is 0. The zero-order valence-corrected chi connectivity index (χ0v) is 13.4. The zero-order valence-electron chi connectivity index (χ0n) is 13.4. The molecule has 1 aromatic rings. The van der Waals surface area contributed by atoms with Crippen molar-refractivity contribution in [1.82, 2.24) is 9.80 Å². The Morgan fingerprint density at radius 1 is 1.33 bits per heavy atom. The minimum absolute atomic E-state index is 0.315. The zero-order chi connectivity index (χ0) is 15.1. The third-order valence-electron chi connectivity index (χ3n) is 4.12. The number of rotatable bonds is 7. The first-order chi connectivity index (χ1) is 10.2. The second-order valence-corrected chi connectivity index (χ2v) is 5.82. The van der Waals surface area contributed by atoms with Crippen LogP contribution in [-0.2, 0) is 11.3 Å². The SMILES string of the molecule is CCCN(Cc1ccccc1N)CC1CN(CC)CCO1. The van der Waals surface area contributed by atoms with Gasteiger partial charge < -0.3 is 10.5 Å². The largest absolute Gasteiger partial charge is 0.398 e. The molecule has 1 fully saturated rings. The van der Waals surface area contributed by atoms with Crippen LogP contribution in [0.25, 0.3) is 0 Å². The molecule has 0 spiro atoms. The highest BCUT2D eigenvalue weighted by atomic mass is 16.5. The fourth-order valence-corrected chi connectivity index (χ4v) is 2.94. The van der Waals surface area contributed by atoms with Gasteiger partial charge in [0.05, 0.1) is 12.7 Å².